The van der Waals surface area contributed by atoms with Gasteiger partial charge >= 0.3 is 0 Å². The van der Waals surface area contributed by atoms with Crippen LogP contribution in [-0.2, 0) is 7.05 Å². The van der Waals surface area contributed by atoms with E-state index in [0.29, 0.717) is 0 Å². The zero-order valence-electron chi connectivity index (χ0n) is 9.79. The molecule has 5 nitrogen and oxygen atoms in total. The fourth-order valence-corrected chi connectivity index (χ4v) is 1.33. The molecule has 1 N–H and O–H groups in total. The molecule has 0 bridgehead atoms. The van der Waals surface area contributed by atoms with Gasteiger partial charge in [0.05, 0.1) is 19.0 Å². The minimum absolute atomic E-state index is 0.797. The highest BCUT2D eigenvalue weighted by Crippen LogP contribution is 2.14. The van der Waals surface area contributed by atoms with Crippen LogP contribution in [0.3, 0.4) is 0 Å². The SMILES string of the molecule is COc1ccc(N/N=C/c2nccn2C)cc1. The fourth-order valence-electron chi connectivity index (χ4n) is 1.33. The quantitative estimate of drug-likeness (QED) is 0.644. The predicted molar refractivity (Wildman–Crippen MR) is 67.4 cm³/mol. The monoisotopic (exact) mass is 230 g/mol. The number of nitrogens with zero attached hydrogens (tertiary/aromatic N) is 3. The number of hydrogen-bond acceptors (Lipinski definition) is 4. The molecule has 0 unspecified atom stereocenters. The molecule has 0 amide bonds. The number of imidazole rings is 1. The molecule has 0 atom stereocenters. The molecule has 88 valence electrons. The van der Waals surface area contributed by atoms with E-state index in [1.165, 1.54) is 0 Å². The molecule has 1 aromatic carbocycles. The summed E-state index contributed by atoms with van der Waals surface area (Å²) in [4.78, 5) is 4.13. The van der Waals surface area contributed by atoms with E-state index in [1.54, 1.807) is 19.5 Å². The van der Waals surface area contributed by atoms with Crippen LogP contribution in [0.15, 0.2) is 41.8 Å². The molecule has 2 aromatic rings. The Labute approximate surface area is 99.8 Å². The van der Waals surface area contributed by atoms with Gasteiger partial charge in [-0.2, -0.15) is 5.10 Å². The number of anilines is 1. The number of rotatable bonds is 4. The lowest BCUT2D eigenvalue weighted by Crippen LogP contribution is -1.97. The van der Waals surface area contributed by atoms with Gasteiger partial charge in [-0.15, -0.1) is 0 Å². The Morgan fingerprint density at radius 1 is 1.35 bits per heavy atom. The van der Waals surface area contributed by atoms with Gasteiger partial charge in [0.1, 0.15) is 5.75 Å². The van der Waals surface area contributed by atoms with Gasteiger partial charge in [-0.1, -0.05) is 0 Å². The summed E-state index contributed by atoms with van der Waals surface area (Å²) in [7, 11) is 3.56. The normalized spacial score (nSPS) is 10.7. The number of aryl methyl sites for hydroxylation is 1. The summed E-state index contributed by atoms with van der Waals surface area (Å²) in [5.74, 6) is 1.62. The van der Waals surface area contributed by atoms with Crippen molar-refractivity contribution >= 4 is 11.9 Å². The molecular weight excluding hydrogens is 216 g/mol. The number of methoxy groups -OCH3 is 1. The van der Waals surface area contributed by atoms with Crippen molar-refractivity contribution in [1.29, 1.82) is 0 Å². The van der Waals surface area contributed by atoms with Crippen LogP contribution in [0.1, 0.15) is 5.82 Å². The Kier molecular flexibility index (Phi) is 3.40. The topological polar surface area (TPSA) is 51.4 Å². The first-order chi connectivity index (χ1) is 8.29. The number of benzene rings is 1. The molecule has 0 saturated heterocycles. The van der Waals surface area contributed by atoms with Gasteiger partial charge in [0.25, 0.3) is 0 Å². The maximum atomic E-state index is 5.07. The van der Waals surface area contributed by atoms with E-state index >= 15 is 0 Å². The van der Waals surface area contributed by atoms with E-state index in [0.717, 1.165) is 17.3 Å². The van der Waals surface area contributed by atoms with Gasteiger partial charge in [0.2, 0.25) is 0 Å². The van der Waals surface area contributed by atoms with Crippen molar-refractivity contribution in [3.8, 4) is 5.75 Å². The van der Waals surface area contributed by atoms with E-state index < -0.39 is 0 Å². The summed E-state index contributed by atoms with van der Waals surface area (Å²) in [6.07, 6.45) is 5.27. The third-order valence-electron chi connectivity index (χ3n) is 2.32. The number of hydrazone groups is 1. The molecule has 1 heterocycles. The highest BCUT2D eigenvalue weighted by molar-refractivity contribution is 5.75. The van der Waals surface area contributed by atoms with E-state index in [1.807, 2.05) is 42.1 Å². The number of nitrogens with one attached hydrogen (secondary N) is 1. The third kappa shape index (κ3) is 2.84. The lowest BCUT2D eigenvalue weighted by atomic mass is 10.3. The average Bonchev–Trinajstić information content (AvgIpc) is 2.76. The second-order valence-corrected chi connectivity index (χ2v) is 3.49. The number of ether oxygens (including phenoxy) is 1. The Bertz CT molecular complexity index is 501. The molecule has 0 radical (unpaired) electrons. The van der Waals surface area contributed by atoms with E-state index in [2.05, 4.69) is 15.5 Å². The Morgan fingerprint density at radius 2 is 2.12 bits per heavy atom. The molecule has 17 heavy (non-hydrogen) atoms. The minimum atomic E-state index is 0.797. The van der Waals surface area contributed by atoms with E-state index in [-0.39, 0.29) is 0 Å². The molecule has 0 spiro atoms. The highest BCUT2D eigenvalue weighted by Gasteiger charge is 1.94. The van der Waals surface area contributed by atoms with Crippen molar-refractivity contribution in [2.45, 2.75) is 0 Å². The van der Waals surface area contributed by atoms with Gasteiger partial charge in [0.15, 0.2) is 5.82 Å². The predicted octanol–water partition coefficient (Wildman–Crippen LogP) is 1.87. The van der Waals surface area contributed by atoms with Gasteiger partial charge in [-0.25, -0.2) is 4.98 Å². The first-order valence-electron chi connectivity index (χ1n) is 5.20. The molecule has 1 aromatic heterocycles. The third-order valence-corrected chi connectivity index (χ3v) is 2.32. The molecular formula is C12H14N4O. The van der Waals surface area contributed by atoms with Crippen molar-refractivity contribution in [3.05, 3.63) is 42.5 Å². The zero-order valence-corrected chi connectivity index (χ0v) is 9.79. The Morgan fingerprint density at radius 3 is 2.71 bits per heavy atom. The maximum absolute atomic E-state index is 5.07. The van der Waals surface area contributed by atoms with E-state index in [4.69, 9.17) is 4.74 Å². The fraction of sp³-hybridized carbons (Fsp3) is 0.167. The van der Waals surface area contributed by atoms with Crippen LogP contribution in [0.2, 0.25) is 0 Å². The van der Waals surface area contributed by atoms with Crippen molar-refractivity contribution in [1.82, 2.24) is 9.55 Å². The van der Waals surface area contributed by atoms with Gasteiger partial charge in [-0.05, 0) is 24.3 Å². The van der Waals surface area contributed by atoms with Crippen molar-refractivity contribution < 1.29 is 4.74 Å². The maximum Gasteiger partial charge on any atom is 0.152 e. The van der Waals surface area contributed by atoms with Crippen LogP contribution in [0.5, 0.6) is 5.75 Å². The largest absolute Gasteiger partial charge is 0.497 e. The van der Waals surface area contributed by atoms with Gasteiger partial charge in [-0.3, -0.25) is 5.43 Å². The summed E-state index contributed by atoms with van der Waals surface area (Å²) in [5.41, 5.74) is 3.82. The lowest BCUT2D eigenvalue weighted by Gasteiger charge is -2.02. The summed E-state index contributed by atoms with van der Waals surface area (Å²) in [6, 6.07) is 7.54. The average molecular weight is 230 g/mol. The molecule has 0 aliphatic heterocycles. The summed E-state index contributed by atoms with van der Waals surface area (Å²) >= 11 is 0. The second kappa shape index (κ2) is 5.16. The molecule has 0 aliphatic carbocycles. The zero-order chi connectivity index (χ0) is 12.1. The molecule has 0 saturated carbocycles. The van der Waals surface area contributed by atoms with Crippen molar-refractivity contribution in [2.75, 3.05) is 12.5 Å². The smallest absolute Gasteiger partial charge is 0.152 e. The lowest BCUT2D eigenvalue weighted by molar-refractivity contribution is 0.415. The van der Waals surface area contributed by atoms with Crippen LogP contribution < -0.4 is 10.2 Å². The number of hydrogen-bond donors (Lipinski definition) is 1. The Hall–Kier alpha value is -2.30. The van der Waals surface area contributed by atoms with Gasteiger partial charge in [0, 0.05) is 19.4 Å². The molecule has 0 fully saturated rings. The standard InChI is InChI=1S/C12H14N4O/c1-16-8-7-13-12(16)9-14-15-10-3-5-11(17-2)6-4-10/h3-9,15H,1-2H3/b14-9+. The van der Waals surface area contributed by atoms with Crippen LogP contribution in [-0.4, -0.2) is 22.9 Å². The number of aromatic nitrogens is 2. The first kappa shape index (κ1) is 11.2. The molecule has 0 aliphatic rings. The Balaban J connectivity index is 1.97. The highest BCUT2D eigenvalue weighted by atomic mass is 16.5. The van der Waals surface area contributed by atoms with Crippen LogP contribution >= 0.6 is 0 Å². The second-order valence-electron chi connectivity index (χ2n) is 3.49. The summed E-state index contributed by atoms with van der Waals surface area (Å²) in [5, 5.41) is 4.10. The van der Waals surface area contributed by atoms with E-state index in [9.17, 15) is 0 Å². The van der Waals surface area contributed by atoms with Crippen molar-refractivity contribution in [2.24, 2.45) is 12.1 Å². The minimum Gasteiger partial charge on any atom is -0.497 e. The van der Waals surface area contributed by atoms with Crippen LogP contribution in [0.4, 0.5) is 5.69 Å². The van der Waals surface area contributed by atoms with Gasteiger partial charge < -0.3 is 9.30 Å². The van der Waals surface area contributed by atoms with Crippen LogP contribution in [0, 0.1) is 0 Å². The molecule has 2 rings (SSSR count). The summed E-state index contributed by atoms with van der Waals surface area (Å²) < 4.78 is 6.96. The van der Waals surface area contributed by atoms with Crippen molar-refractivity contribution in [3.63, 3.8) is 0 Å². The summed E-state index contributed by atoms with van der Waals surface area (Å²) in [6.45, 7) is 0. The van der Waals surface area contributed by atoms with Crippen LogP contribution in [0.25, 0.3) is 0 Å². The first-order valence-corrected chi connectivity index (χ1v) is 5.20. The molecule has 5 heteroatoms.